The molecule has 0 aromatic rings. The zero-order valence-corrected chi connectivity index (χ0v) is 12.3. The Morgan fingerprint density at radius 3 is 2.78 bits per heavy atom. The molecule has 0 aromatic heterocycles. The summed E-state index contributed by atoms with van der Waals surface area (Å²) < 4.78 is 0. The Balaban J connectivity index is 1.92. The summed E-state index contributed by atoms with van der Waals surface area (Å²) in [6.45, 7) is 11.0. The Hall–Kier alpha value is -0.790. The van der Waals surface area contributed by atoms with Gasteiger partial charge in [-0.3, -0.25) is 4.79 Å². The highest BCUT2D eigenvalue weighted by atomic mass is 16.2. The molecule has 2 unspecified atom stereocenters. The van der Waals surface area contributed by atoms with Gasteiger partial charge in [0.25, 0.3) is 0 Å². The summed E-state index contributed by atoms with van der Waals surface area (Å²) in [5.41, 5.74) is 1.66. The third-order valence-electron chi connectivity index (χ3n) is 5.18. The predicted molar refractivity (Wildman–Crippen MR) is 75.2 cm³/mol. The summed E-state index contributed by atoms with van der Waals surface area (Å²) in [7, 11) is 0. The molecule has 0 bridgehead atoms. The van der Waals surface area contributed by atoms with Crippen molar-refractivity contribution in [3.8, 4) is 0 Å². The molecular formula is C16H27NO. The van der Waals surface area contributed by atoms with E-state index in [0.717, 1.165) is 25.9 Å². The van der Waals surface area contributed by atoms with Crippen molar-refractivity contribution in [3.05, 3.63) is 11.6 Å². The smallest absolute Gasteiger partial charge is 0.222 e. The van der Waals surface area contributed by atoms with Gasteiger partial charge in [-0.25, -0.2) is 0 Å². The zero-order chi connectivity index (χ0) is 13.3. The van der Waals surface area contributed by atoms with E-state index in [0.29, 0.717) is 17.7 Å². The lowest BCUT2D eigenvalue weighted by molar-refractivity contribution is -0.134. The van der Waals surface area contributed by atoms with Crippen LogP contribution in [0, 0.1) is 17.3 Å². The summed E-state index contributed by atoms with van der Waals surface area (Å²) in [5.74, 6) is 1.56. The van der Waals surface area contributed by atoms with Gasteiger partial charge in [-0.2, -0.15) is 0 Å². The first-order chi connectivity index (χ1) is 8.41. The van der Waals surface area contributed by atoms with Gasteiger partial charge >= 0.3 is 0 Å². The van der Waals surface area contributed by atoms with Gasteiger partial charge in [0.05, 0.1) is 0 Å². The normalized spacial score (nSPS) is 31.3. The standard InChI is InChI=1S/C16H27NO/c1-12-6-5-9-17(11-12)15(18)10-14-8-7-13(2)16(14,3)4/h7,12,14H,5-6,8-11H2,1-4H3. The maximum absolute atomic E-state index is 12.4. The van der Waals surface area contributed by atoms with Crippen LogP contribution in [0.1, 0.15) is 53.4 Å². The molecule has 102 valence electrons. The second kappa shape index (κ2) is 5.07. The van der Waals surface area contributed by atoms with E-state index < -0.39 is 0 Å². The first kappa shape index (κ1) is 13.6. The average Bonchev–Trinajstić information content (AvgIpc) is 2.56. The number of likely N-dealkylation sites (tertiary alicyclic amines) is 1. The number of piperidine rings is 1. The molecule has 0 saturated carbocycles. The molecule has 1 amide bonds. The van der Waals surface area contributed by atoms with Crippen LogP contribution >= 0.6 is 0 Å². The van der Waals surface area contributed by atoms with Gasteiger partial charge in [0.2, 0.25) is 5.91 Å². The summed E-state index contributed by atoms with van der Waals surface area (Å²) in [4.78, 5) is 14.5. The largest absolute Gasteiger partial charge is 0.342 e. The molecular weight excluding hydrogens is 222 g/mol. The Morgan fingerprint density at radius 1 is 1.50 bits per heavy atom. The fraction of sp³-hybridized carbons (Fsp3) is 0.812. The van der Waals surface area contributed by atoms with Crippen LogP contribution in [0.2, 0.25) is 0 Å². The lowest BCUT2D eigenvalue weighted by Gasteiger charge is -2.34. The number of carbonyl (C=O) groups excluding carboxylic acids is 1. The first-order valence-electron chi connectivity index (χ1n) is 7.36. The Kier molecular flexibility index (Phi) is 3.84. The van der Waals surface area contributed by atoms with Crippen molar-refractivity contribution in [1.29, 1.82) is 0 Å². The molecule has 18 heavy (non-hydrogen) atoms. The highest BCUT2D eigenvalue weighted by Gasteiger charge is 2.37. The topological polar surface area (TPSA) is 20.3 Å². The quantitative estimate of drug-likeness (QED) is 0.684. The van der Waals surface area contributed by atoms with Gasteiger partial charge in [0.1, 0.15) is 0 Å². The maximum atomic E-state index is 12.4. The van der Waals surface area contributed by atoms with Crippen LogP contribution in [0.3, 0.4) is 0 Å². The van der Waals surface area contributed by atoms with Gasteiger partial charge in [-0.05, 0) is 43.4 Å². The fourth-order valence-electron chi connectivity index (χ4n) is 3.29. The first-order valence-corrected chi connectivity index (χ1v) is 7.36. The molecule has 1 aliphatic heterocycles. The molecule has 1 fully saturated rings. The number of allylic oxidation sites excluding steroid dienone is 2. The van der Waals surface area contributed by atoms with Crippen molar-refractivity contribution in [2.24, 2.45) is 17.3 Å². The van der Waals surface area contributed by atoms with E-state index in [4.69, 9.17) is 0 Å². The maximum Gasteiger partial charge on any atom is 0.222 e. The molecule has 1 aliphatic carbocycles. The summed E-state index contributed by atoms with van der Waals surface area (Å²) in [6.07, 6.45) is 6.58. The third-order valence-corrected chi connectivity index (χ3v) is 5.18. The molecule has 2 atom stereocenters. The van der Waals surface area contributed by atoms with Crippen molar-refractivity contribution in [3.63, 3.8) is 0 Å². The summed E-state index contributed by atoms with van der Waals surface area (Å²) in [5, 5.41) is 0. The Morgan fingerprint density at radius 2 is 2.22 bits per heavy atom. The highest BCUT2D eigenvalue weighted by Crippen LogP contribution is 2.44. The van der Waals surface area contributed by atoms with E-state index in [1.807, 2.05) is 0 Å². The van der Waals surface area contributed by atoms with Crippen molar-refractivity contribution in [1.82, 2.24) is 4.90 Å². The number of hydrogen-bond acceptors (Lipinski definition) is 1. The molecule has 0 aromatic carbocycles. The number of hydrogen-bond donors (Lipinski definition) is 0. The number of nitrogens with zero attached hydrogens (tertiary/aromatic N) is 1. The van der Waals surface area contributed by atoms with Crippen molar-refractivity contribution < 1.29 is 4.79 Å². The summed E-state index contributed by atoms with van der Waals surface area (Å²) >= 11 is 0. The van der Waals surface area contributed by atoms with Crippen LogP contribution in [0.5, 0.6) is 0 Å². The molecule has 2 heteroatoms. The van der Waals surface area contributed by atoms with Crippen LogP contribution in [-0.2, 0) is 4.79 Å². The minimum absolute atomic E-state index is 0.205. The molecule has 0 radical (unpaired) electrons. The van der Waals surface area contributed by atoms with Gasteiger partial charge in [0, 0.05) is 19.5 Å². The minimum atomic E-state index is 0.205. The lowest BCUT2D eigenvalue weighted by atomic mass is 9.76. The number of amides is 1. The van der Waals surface area contributed by atoms with Gasteiger partial charge in [-0.1, -0.05) is 32.4 Å². The number of rotatable bonds is 2. The van der Waals surface area contributed by atoms with Gasteiger partial charge in [0.15, 0.2) is 0 Å². The second-order valence-corrected chi connectivity index (χ2v) is 6.83. The zero-order valence-electron chi connectivity index (χ0n) is 12.3. The molecule has 1 heterocycles. The molecule has 0 spiro atoms. The fourth-order valence-corrected chi connectivity index (χ4v) is 3.29. The van der Waals surface area contributed by atoms with E-state index in [1.165, 1.54) is 18.4 Å². The minimum Gasteiger partial charge on any atom is -0.342 e. The van der Waals surface area contributed by atoms with E-state index >= 15 is 0 Å². The summed E-state index contributed by atoms with van der Waals surface area (Å²) in [6, 6.07) is 0. The second-order valence-electron chi connectivity index (χ2n) is 6.83. The van der Waals surface area contributed by atoms with Crippen LogP contribution in [0.4, 0.5) is 0 Å². The van der Waals surface area contributed by atoms with Crippen molar-refractivity contribution in [2.45, 2.75) is 53.4 Å². The molecule has 0 N–H and O–H groups in total. The van der Waals surface area contributed by atoms with Crippen molar-refractivity contribution in [2.75, 3.05) is 13.1 Å². The van der Waals surface area contributed by atoms with Crippen LogP contribution in [-0.4, -0.2) is 23.9 Å². The monoisotopic (exact) mass is 249 g/mol. The van der Waals surface area contributed by atoms with Crippen LogP contribution < -0.4 is 0 Å². The Labute approximate surface area is 111 Å². The predicted octanol–water partition coefficient (Wildman–Crippen LogP) is 3.63. The van der Waals surface area contributed by atoms with E-state index in [9.17, 15) is 4.79 Å². The molecule has 2 nitrogen and oxygen atoms in total. The SMILES string of the molecule is CC1=CCC(CC(=O)N2CCCC(C)C2)C1(C)C. The van der Waals surface area contributed by atoms with Crippen molar-refractivity contribution >= 4 is 5.91 Å². The highest BCUT2D eigenvalue weighted by molar-refractivity contribution is 5.76. The molecule has 2 aliphatic rings. The Bertz CT molecular complexity index is 356. The van der Waals surface area contributed by atoms with Gasteiger partial charge in [-0.15, -0.1) is 0 Å². The lowest BCUT2D eigenvalue weighted by Crippen LogP contribution is -2.40. The average molecular weight is 249 g/mol. The molecule has 2 rings (SSSR count). The molecule has 1 saturated heterocycles. The van der Waals surface area contributed by atoms with Crippen LogP contribution in [0.25, 0.3) is 0 Å². The number of carbonyl (C=O) groups is 1. The van der Waals surface area contributed by atoms with Gasteiger partial charge < -0.3 is 4.90 Å². The third kappa shape index (κ3) is 2.62. The van der Waals surface area contributed by atoms with E-state index in [2.05, 4.69) is 38.7 Å². The van der Waals surface area contributed by atoms with E-state index in [-0.39, 0.29) is 5.41 Å². The van der Waals surface area contributed by atoms with Crippen LogP contribution in [0.15, 0.2) is 11.6 Å². The van der Waals surface area contributed by atoms with E-state index in [1.54, 1.807) is 0 Å².